The van der Waals surface area contributed by atoms with E-state index in [0.29, 0.717) is 44.0 Å². The van der Waals surface area contributed by atoms with Crippen molar-refractivity contribution >= 4 is 12.1 Å². The predicted octanol–water partition coefficient (Wildman–Crippen LogP) is 2.17. The molecule has 148 valence electrons. The molecule has 1 aliphatic carbocycles. The van der Waals surface area contributed by atoms with Crippen LogP contribution < -0.4 is 5.32 Å². The molecule has 2 bridgehead atoms. The molecular weight excluding hydrogens is 354 g/mol. The number of urea groups is 1. The molecule has 2 N–H and O–H groups in total. The van der Waals surface area contributed by atoms with Crippen LogP contribution in [0.25, 0.3) is 0 Å². The molecule has 10 heteroatoms. The monoisotopic (exact) mass is 379 g/mol. The first-order valence-corrected chi connectivity index (χ1v) is 9.33. The average Bonchev–Trinajstić information content (AvgIpc) is 3.10. The van der Waals surface area contributed by atoms with Gasteiger partial charge in [-0.2, -0.15) is 0 Å². The standard InChI is InChI=1S/C17H25N5O5/c1-17(2,3)27-15(23)18-10-6-9(7-10)13-19-20-14(26-13)12-5-4-11-8-21(12)16(24)22(11)25/h9-12,25H,4-8H2,1-3H3,(H,18,23)/t9?,10?,11-,12+/m1/s1. The highest BCUT2D eigenvalue weighted by Crippen LogP contribution is 2.40. The van der Waals surface area contributed by atoms with E-state index in [1.165, 1.54) is 0 Å². The molecule has 0 unspecified atom stereocenters. The number of rotatable bonds is 3. The molecule has 10 nitrogen and oxygen atoms in total. The highest BCUT2D eigenvalue weighted by atomic mass is 16.6. The first-order chi connectivity index (χ1) is 12.7. The molecule has 0 radical (unpaired) electrons. The summed E-state index contributed by atoms with van der Waals surface area (Å²) in [6, 6.07) is -0.823. The second kappa shape index (κ2) is 6.36. The molecule has 0 spiro atoms. The highest BCUT2D eigenvalue weighted by Gasteiger charge is 2.47. The van der Waals surface area contributed by atoms with Crippen molar-refractivity contribution in [3.8, 4) is 0 Å². The van der Waals surface area contributed by atoms with Crippen LogP contribution in [0.5, 0.6) is 0 Å². The van der Waals surface area contributed by atoms with Crippen LogP contribution in [0.2, 0.25) is 0 Å². The maximum atomic E-state index is 12.1. The maximum absolute atomic E-state index is 12.1. The van der Waals surface area contributed by atoms with Crippen molar-refractivity contribution in [1.29, 1.82) is 0 Å². The topological polar surface area (TPSA) is 121 Å². The maximum Gasteiger partial charge on any atom is 0.407 e. The van der Waals surface area contributed by atoms with Crippen molar-refractivity contribution in [2.45, 2.75) is 76.1 Å². The zero-order chi connectivity index (χ0) is 19.3. The minimum Gasteiger partial charge on any atom is -0.444 e. The Labute approximate surface area is 156 Å². The normalized spacial score (nSPS) is 30.3. The highest BCUT2D eigenvalue weighted by molar-refractivity contribution is 5.76. The van der Waals surface area contributed by atoms with Crippen LogP contribution >= 0.6 is 0 Å². The van der Waals surface area contributed by atoms with Gasteiger partial charge in [0.25, 0.3) is 0 Å². The Kier molecular flexibility index (Phi) is 4.25. The van der Waals surface area contributed by atoms with Crippen molar-refractivity contribution in [2.75, 3.05) is 6.54 Å². The molecule has 2 aliphatic heterocycles. The molecule has 2 saturated heterocycles. The number of hydrogen-bond donors (Lipinski definition) is 2. The van der Waals surface area contributed by atoms with Gasteiger partial charge in [-0.05, 0) is 46.5 Å². The van der Waals surface area contributed by atoms with E-state index in [-0.39, 0.29) is 24.0 Å². The summed E-state index contributed by atoms with van der Waals surface area (Å²) in [6.45, 7) is 5.95. The summed E-state index contributed by atoms with van der Waals surface area (Å²) >= 11 is 0. The second-order valence-electron chi connectivity index (χ2n) is 8.52. The fourth-order valence-corrected chi connectivity index (χ4v) is 3.87. The van der Waals surface area contributed by atoms with E-state index in [1.807, 2.05) is 20.8 Å². The van der Waals surface area contributed by atoms with E-state index in [0.717, 1.165) is 5.06 Å². The Balaban J connectivity index is 1.32. The summed E-state index contributed by atoms with van der Waals surface area (Å²) in [6.07, 6.45) is 2.38. The number of piperidine rings is 1. The molecule has 27 heavy (non-hydrogen) atoms. The molecule has 1 aromatic heterocycles. The number of ether oxygens (including phenoxy) is 1. The van der Waals surface area contributed by atoms with Crippen LogP contribution in [0.3, 0.4) is 0 Å². The Hall–Kier alpha value is -2.36. The Morgan fingerprint density at radius 1 is 1.26 bits per heavy atom. The van der Waals surface area contributed by atoms with Crippen molar-refractivity contribution in [3.05, 3.63) is 11.8 Å². The number of nitrogens with one attached hydrogen (secondary N) is 1. The number of carbonyl (C=O) groups is 2. The summed E-state index contributed by atoms with van der Waals surface area (Å²) < 4.78 is 11.1. The third-order valence-corrected chi connectivity index (χ3v) is 5.29. The number of aromatic nitrogens is 2. The van der Waals surface area contributed by atoms with Gasteiger partial charge in [-0.25, -0.2) is 14.7 Å². The van der Waals surface area contributed by atoms with Gasteiger partial charge in [0.1, 0.15) is 11.6 Å². The van der Waals surface area contributed by atoms with E-state index in [1.54, 1.807) is 4.90 Å². The number of amides is 3. The molecule has 3 aliphatic rings. The minimum absolute atomic E-state index is 0.0266. The molecule has 1 saturated carbocycles. The molecule has 1 aromatic rings. The van der Waals surface area contributed by atoms with Crippen molar-refractivity contribution in [2.24, 2.45) is 0 Å². The molecule has 3 fully saturated rings. The van der Waals surface area contributed by atoms with Gasteiger partial charge in [-0.3, -0.25) is 5.21 Å². The fraction of sp³-hybridized carbons (Fsp3) is 0.765. The van der Waals surface area contributed by atoms with Gasteiger partial charge in [-0.15, -0.1) is 10.2 Å². The number of hydrogen-bond acceptors (Lipinski definition) is 7. The SMILES string of the molecule is CC(C)(C)OC(=O)NC1CC(c2nnc([C@@H]3CC[C@@H]4CN3C(=O)N4O)o2)C1. The van der Waals surface area contributed by atoms with E-state index < -0.39 is 17.7 Å². The number of carbonyl (C=O) groups excluding carboxylic acids is 2. The first-order valence-electron chi connectivity index (χ1n) is 9.33. The van der Waals surface area contributed by atoms with Crippen LogP contribution in [0.4, 0.5) is 9.59 Å². The summed E-state index contributed by atoms with van der Waals surface area (Å²) in [5.74, 6) is 1.03. The van der Waals surface area contributed by atoms with Gasteiger partial charge in [0.2, 0.25) is 11.8 Å². The Morgan fingerprint density at radius 2 is 1.96 bits per heavy atom. The van der Waals surface area contributed by atoms with Gasteiger partial charge < -0.3 is 19.4 Å². The largest absolute Gasteiger partial charge is 0.444 e. The summed E-state index contributed by atoms with van der Waals surface area (Å²) in [5.41, 5.74) is -0.523. The lowest BCUT2D eigenvalue weighted by Crippen LogP contribution is -2.45. The van der Waals surface area contributed by atoms with Crippen molar-refractivity contribution < 1.29 is 24.0 Å². The fourth-order valence-electron chi connectivity index (χ4n) is 3.87. The van der Waals surface area contributed by atoms with Gasteiger partial charge >= 0.3 is 12.1 Å². The van der Waals surface area contributed by atoms with Gasteiger partial charge in [0.15, 0.2) is 0 Å². The predicted molar refractivity (Wildman–Crippen MR) is 90.9 cm³/mol. The lowest BCUT2D eigenvalue weighted by molar-refractivity contribution is -0.0584. The second-order valence-corrected chi connectivity index (χ2v) is 8.52. The number of nitrogens with zero attached hydrogens (tertiary/aromatic N) is 4. The summed E-state index contributed by atoms with van der Waals surface area (Å²) in [5, 5.41) is 21.7. The van der Waals surface area contributed by atoms with E-state index >= 15 is 0 Å². The van der Waals surface area contributed by atoms with E-state index in [2.05, 4.69) is 15.5 Å². The molecule has 2 atom stereocenters. The molecule has 3 amide bonds. The van der Waals surface area contributed by atoms with Crippen molar-refractivity contribution in [1.82, 2.24) is 25.5 Å². The smallest absolute Gasteiger partial charge is 0.407 e. The number of alkyl carbamates (subject to hydrolysis) is 1. The quantitative estimate of drug-likeness (QED) is 0.772. The Bertz CT molecular complexity index is 738. The van der Waals surface area contributed by atoms with Crippen LogP contribution in [0.1, 0.15) is 70.2 Å². The molecule has 0 aromatic carbocycles. The third kappa shape index (κ3) is 3.45. The van der Waals surface area contributed by atoms with Crippen LogP contribution in [-0.2, 0) is 4.74 Å². The minimum atomic E-state index is -0.523. The number of fused-ring (bicyclic) bond motifs is 2. The van der Waals surface area contributed by atoms with Gasteiger partial charge in [0, 0.05) is 18.5 Å². The number of hydroxylamine groups is 2. The molecular formula is C17H25N5O5. The van der Waals surface area contributed by atoms with E-state index in [4.69, 9.17) is 9.15 Å². The van der Waals surface area contributed by atoms with Gasteiger partial charge in [0.05, 0.1) is 6.04 Å². The zero-order valence-electron chi connectivity index (χ0n) is 15.7. The van der Waals surface area contributed by atoms with Crippen molar-refractivity contribution in [3.63, 3.8) is 0 Å². The average molecular weight is 379 g/mol. The zero-order valence-corrected chi connectivity index (χ0v) is 15.7. The van der Waals surface area contributed by atoms with E-state index in [9.17, 15) is 14.8 Å². The van der Waals surface area contributed by atoms with Crippen LogP contribution in [0.15, 0.2) is 4.42 Å². The van der Waals surface area contributed by atoms with Gasteiger partial charge in [-0.1, -0.05) is 0 Å². The Morgan fingerprint density at radius 3 is 2.67 bits per heavy atom. The molecule has 4 rings (SSSR count). The summed E-state index contributed by atoms with van der Waals surface area (Å²) in [4.78, 5) is 25.5. The van der Waals surface area contributed by atoms with Crippen LogP contribution in [0, 0.1) is 0 Å². The lowest BCUT2D eigenvalue weighted by atomic mass is 9.80. The lowest BCUT2D eigenvalue weighted by Gasteiger charge is -2.34. The third-order valence-electron chi connectivity index (χ3n) is 5.29. The summed E-state index contributed by atoms with van der Waals surface area (Å²) in [7, 11) is 0. The molecule has 3 heterocycles. The van der Waals surface area contributed by atoms with Crippen LogP contribution in [-0.4, -0.2) is 61.7 Å². The first kappa shape index (κ1) is 18.0.